The van der Waals surface area contributed by atoms with Gasteiger partial charge in [-0.15, -0.1) is 0 Å². The fourth-order valence-electron chi connectivity index (χ4n) is 3.66. The summed E-state index contributed by atoms with van der Waals surface area (Å²) in [4.78, 5) is 9.53. The predicted octanol–water partition coefficient (Wildman–Crippen LogP) is 6.43. The molecule has 2 aromatic carbocycles. The van der Waals surface area contributed by atoms with Gasteiger partial charge in [0.2, 0.25) is 0 Å². The topological polar surface area (TPSA) is 39.9 Å². The summed E-state index contributed by atoms with van der Waals surface area (Å²) in [5, 5.41) is 1.85. The van der Waals surface area contributed by atoms with E-state index in [1.807, 2.05) is 42.6 Å². The molecule has 0 saturated heterocycles. The molecule has 0 amide bonds. The van der Waals surface area contributed by atoms with Crippen LogP contribution in [0.1, 0.15) is 38.6 Å². The van der Waals surface area contributed by atoms with Crippen molar-refractivity contribution in [3.8, 4) is 5.75 Å². The third kappa shape index (κ3) is 4.23. The number of rotatable bonds is 7. The van der Waals surface area contributed by atoms with Gasteiger partial charge in [0.25, 0.3) is 0 Å². The average Bonchev–Trinajstić information content (AvgIpc) is 3.04. The standard InChI is InChI=1S/C24H26ClN3O/c1-4-5-23-27-22-13-26-21-12-19(29-15-17-6-8-18(25)9-7-17)10-11-20(21)24(22)28(23)14-16(2)3/h6-13,16H,4-5,14-15H2,1-3H3. The Morgan fingerprint density at radius 3 is 2.59 bits per heavy atom. The van der Waals surface area contributed by atoms with E-state index in [0.29, 0.717) is 12.5 Å². The highest BCUT2D eigenvalue weighted by Gasteiger charge is 2.15. The Morgan fingerprint density at radius 1 is 1.07 bits per heavy atom. The van der Waals surface area contributed by atoms with Gasteiger partial charge in [0, 0.05) is 29.4 Å². The van der Waals surface area contributed by atoms with Crippen molar-refractivity contribution in [1.82, 2.24) is 14.5 Å². The van der Waals surface area contributed by atoms with Crippen molar-refractivity contribution in [3.05, 3.63) is 65.1 Å². The number of fused-ring (bicyclic) bond motifs is 3. The van der Waals surface area contributed by atoms with Gasteiger partial charge >= 0.3 is 0 Å². The number of hydrogen-bond donors (Lipinski definition) is 0. The molecule has 0 radical (unpaired) electrons. The van der Waals surface area contributed by atoms with Gasteiger partial charge in [0.1, 0.15) is 23.7 Å². The number of halogens is 1. The molecule has 5 heteroatoms. The lowest BCUT2D eigenvalue weighted by molar-refractivity contribution is 0.306. The van der Waals surface area contributed by atoms with E-state index in [1.165, 1.54) is 5.52 Å². The Hall–Kier alpha value is -2.59. The number of pyridine rings is 1. The van der Waals surface area contributed by atoms with Gasteiger partial charge in [0.15, 0.2) is 0 Å². The second-order valence-electron chi connectivity index (χ2n) is 7.87. The minimum Gasteiger partial charge on any atom is -0.489 e. The van der Waals surface area contributed by atoms with Crippen molar-refractivity contribution in [3.63, 3.8) is 0 Å². The Balaban J connectivity index is 1.69. The number of aryl methyl sites for hydroxylation is 1. The lowest BCUT2D eigenvalue weighted by Crippen LogP contribution is -2.08. The number of aromatic nitrogens is 3. The lowest BCUT2D eigenvalue weighted by Gasteiger charge is -2.13. The zero-order valence-electron chi connectivity index (χ0n) is 17.2. The Kier molecular flexibility index (Phi) is 5.72. The molecule has 0 aliphatic carbocycles. The molecule has 0 unspecified atom stereocenters. The van der Waals surface area contributed by atoms with Crippen molar-refractivity contribution in [2.24, 2.45) is 5.92 Å². The van der Waals surface area contributed by atoms with E-state index in [-0.39, 0.29) is 0 Å². The summed E-state index contributed by atoms with van der Waals surface area (Å²) in [5.74, 6) is 2.50. The molecule has 0 aliphatic rings. The number of imidazole rings is 1. The predicted molar refractivity (Wildman–Crippen MR) is 120 cm³/mol. The van der Waals surface area contributed by atoms with E-state index in [2.05, 4.69) is 36.4 Å². The van der Waals surface area contributed by atoms with Gasteiger partial charge in [0.05, 0.1) is 17.2 Å². The van der Waals surface area contributed by atoms with Crippen molar-refractivity contribution in [2.75, 3.05) is 0 Å². The number of ether oxygens (including phenoxy) is 1. The van der Waals surface area contributed by atoms with Crippen LogP contribution in [0.2, 0.25) is 5.02 Å². The largest absolute Gasteiger partial charge is 0.489 e. The second-order valence-corrected chi connectivity index (χ2v) is 8.31. The van der Waals surface area contributed by atoms with Gasteiger partial charge in [-0.1, -0.05) is 44.5 Å². The van der Waals surface area contributed by atoms with Crippen LogP contribution in [0, 0.1) is 5.92 Å². The minimum absolute atomic E-state index is 0.497. The van der Waals surface area contributed by atoms with E-state index in [9.17, 15) is 0 Å². The first kappa shape index (κ1) is 19.7. The van der Waals surface area contributed by atoms with Gasteiger partial charge in [-0.2, -0.15) is 0 Å². The third-order valence-electron chi connectivity index (χ3n) is 4.96. The van der Waals surface area contributed by atoms with Crippen LogP contribution < -0.4 is 4.74 Å². The summed E-state index contributed by atoms with van der Waals surface area (Å²) >= 11 is 5.95. The lowest BCUT2D eigenvalue weighted by atomic mass is 10.1. The molecule has 0 saturated carbocycles. The molecule has 4 aromatic rings. The molecular formula is C24H26ClN3O. The number of nitrogens with zero attached hydrogens (tertiary/aromatic N) is 3. The van der Waals surface area contributed by atoms with Gasteiger partial charge in [-0.3, -0.25) is 4.98 Å². The zero-order valence-corrected chi connectivity index (χ0v) is 17.9. The Labute approximate surface area is 176 Å². The van der Waals surface area contributed by atoms with Crippen molar-refractivity contribution in [2.45, 2.75) is 46.8 Å². The van der Waals surface area contributed by atoms with E-state index < -0.39 is 0 Å². The summed E-state index contributed by atoms with van der Waals surface area (Å²) in [7, 11) is 0. The molecule has 0 aliphatic heterocycles. The zero-order chi connectivity index (χ0) is 20.4. The summed E-state index contributed by atoms with van der Waals surface area (Å²) in [6.45, 7) is 8.14. The van der Waals surface area contributed by atoms with Crippen LogP contribution in [-0.4, -0.2) is 14.5 Å². The monoisotopic (exact) mass is 407 g/mol. The SMILES string of the molecule is CCCc1nc2cnc3cc(OCc4ccc(Cl)cc4)ccc3c2n1CC(C)C. The summed E-state index contributed by atoms with van der Waals surface area (Å²) in [6, 6.07) is 13.8. The van der Waals surface area contributed by atoms with Crippen LogP contribution in [0.4, 0.5) is 0 Å². The van der Waals surface area contributed by atoms with Crippen molar-refractivity contribution in [1.29, 1.82) is 0 Å². The van der Waals surface area contributed by atoms with Crippen LogP contribution in [0.5, 0.6) is 5.75 Å². The van der Waals surface area contributed by atoms with E-state index in [4.69, 9.17) is 21.3 Å². The van der Waals surface area contributed by atoms with Crippen molar-refractivity contribution < 1.29 is 4.74 Å². The van der Waals surface area contributed by atoms with Crippen LogP contribution >= 0.6 is 11.6 Å². The summed E-state index contributed by atoms with van der Waals surface area (Å²) < 4.78 is 8.36. The van der Waals surface area contributed by atoms with Crippen LogP contribution in [0.25, 0.3) is 21.9 Å². The van der Waals surface area contributed by atoms with E-state index >= 15 is 0 Å². The summed E-state index contributed by atoms with van der Waals surface area (Å²) in [6.07, 6.45) is 3.94. The quantitative estimate of drug-likeness (QED) is 0.354. The molecular weight excluding hydrogens is 382 g/mol. The fraction of sp³-hybridized carbons (Fsp3) is 0.333. The van der Waals surface area contributed by atoms with Crippen LogP contribution in [0.15, 0.2) is 48.7 Å². The maximum Gasteiger partial charge on any atom is 0.122 e. The highest BCUT2D eigenvalue weighted by Crippen LogP contribution is 2.29. The second kappa shape index (κ2) is 8.42. The van der Waals surface area contributed by atoms with Crippen LogP contribution in [-0.2, 0) is 19.6 Å². The third-order valence-corrected chi connectivity index (χ3v) is 5.22. The highest BCUT2D eigenvalue weighted by atomic mass is 35.5. The molecule has 0 spiro atoms. The van der Waals surface area contributed by atoms with Gasteiger partial charge < -0.3 is 9.30 Å². The first-order valence-corrected chi connectivity index (χ1v) is 10.6. The molecule has 4 nitrogen and oxygen atoms in total. The van der Waals surface area contributed by atoms with Crippen LogP contribution in [0.3, 0.4) is 0 Å². The molecule has 29 heavy (non-hydrogen) atoms. The molecule has 4 rings (SSSR count). The maximum absolute atomic E-state index is 5.99. The van der Waals surface area contributed by atoms with Crippen molar-refractivity contribution >= 4 is 33.5 Å². The molecule has 2 aromatic heterocycles. The summed E-state index contributed by atoms with van der Waals surface area (Å²) in [5.41, 5.74) is 4.16. The first-order chi connectivity index (χ1) is 14.0. The molecule has 2 heterocycles. The Bertz CT molecular complexity index is 1130. The van der Waals surface area contributed by atoms with E-state index in [1.54, 1.807) is 0 Å². The molecule has 150 valence electrons. The Morgan fingerprint density at radius 2 is 1.86 bits per heavy atom. The molecule has 0 N–H and O–H groups in total. The van der Waals surface area contributed by atoms with Gasteiger partial charge in [-0.05, 0) is 42.2 Å². The highest BCUT2D eigenvalue weighted by molar-refractivity contribution is 6.30. The van der Waals surface area contributed by atoms with Gasteiger partial charge in [-0.25, -0.2) is 4.98 Å². The molecule has 0 bridgehead atoms. The molecule has 0 atom stereocenters. The first-order valence-electron chi connectivity index (χ1n) is 10.2. The average molecular weight is 408 g/mol. The number of benzene rings is 2. The normalized spacial score (nSPS) is 11.6. The maximum atomic E-state index is 5.99. The molecule has 0 fully saturated rings. The number of hydrogen-bond acceptors (Lipinski definition) is 3. The minimum atomic E-state index is 0.497. The van der Waals surface area contributed by atoms with E-state index in [0.717, 1.165) is 58.0 Å². The fourth-order valence-corrected chi connectivity index (χ4v) is 3.78. The smallest absolute Gasteiger partial charge is 0.122 e.